The molecule has 3 aliphatic rings. The van der Waals surface area contributed by atoms with Crippen LogP contribution in [0.5, 0.6) is 0 Å². The van der Waals surface area contributed by atoms with Crippen LogP contribution >= 0.6 is 0 Å². The fraction of sp³-hybridized carbons (Fsp3) is 0.560. The summed E-state index contributed by atoms with van der Waals surface area (Å²) in [5.41, 5.74) is 4.07. The number of fused-ring (bicyclic) bond motifs is 1. The molecule has 1 aromatic carbocycles. The first-order valence-electron chi connectivity index (χ1n) is 11.9. The third kappa shape index (κ3) is 3.74. The molecule has 2 atom stereocenters. The van der Waals surface area contributed by atoms with Gasteiger partial charge in [0.25, 0.3) is 0 Å². The fourth-order valence-corrected chi connectivity index (χ4v) is 5.55. The number of aliphatic hydroxyl groups excluding tert-OH is 1. The molecule has 1 aliphatic carbocycles. The van der Waals surface area contributed by atoms with Crippen molar-refractivity contribution in [3.63, 3.8) is 0 Å². The van der Waals surface area contributed by atoms with Gasteiger partial charge in [0.05, 0.1) is 37.1 Å². The van der Waals surface area contributed by atoms with E-state index in [9.17, 15) is 5.11 Å². The van der Waals surface area contributed by atoms with E-state index in [-0.39, 0.29) is 17.9 Å². The zero-order chi connectivity index (χ0) is 22.7. The number of likely N-dealkylation sites (tertiary alicyclic amines) is 1. The summed E-state index contributed by atoms with van der Waals surface area (Å²) in [5.74, 6) is 1.56. The van der Waals surface area contributed by atoms with E-state index < -0.39 is 6.17 Å². The van der Waals surface area contributed by atoms with Gasteiger partial charge in [-0.1, -0.05) is 0 Å². The molecule has 7 nitrogen and oxygen atoms in total. The molecule has 6 rings (SSSR count). The number of aryl methyl sites for hydroxylation is 2. The summed E-state index contributed by atoms with van der Waals surface area (Å²) in [7, 11) is 0. The lowest BCUT2D eigenvalue weighted by atomic mass is 9.80. The molecule has 2 aliphatic heterocycles. The summed E-state index contributed by atoms with van der Waals surface area (Å²) in [4.78, 5) is 11.5. The van der Waals surface area contributed by atoms with Gasteiger partial charge in [-0.25, -0.2) is 19.0 Å². The number of hydrogen-bond acceptors (Lipinski definition) is 6. The maximum absolute atomic E-state index is 15.4. The van der Waals surface area contributed by atoms with Crippen LogP contribution in [0.3, 0.4) is 0 Å². The summed E-state index contributed by atoms with van der Waals surface area (Å²) in [6, 6.07) is 6.58. The first kappa shape index (κ1) is 21.1. The van der Waals surface area contributed by atoms with Crippen LogP contribution in [-0.4, -0.2) is 74.4 Å². The predicted molar refractivity (Wildman–Crippen MR) is 123 cm³/mol. The molecule has 4 heterocycles. The van der Waals surface area contributed by atoms with Crippen LogP contribution in [0, 0.1) is 13.8 Å². The van der Waals surface area contributed by atoms with Gasteiger partial charge >= 0.3 is 0 Å². The lowest BCUT2D eigenvalue weighted by Crippen LogP contribution is -2.54. The zero-order valence-electron chi connectivity index (χ0n) is 19.1. The van der Waals surface area contributed by atoms with Crippen molar-refractivity contribution >= 4 is 10.9 Å². The highest BCUT2D eigenvalue weighted by atomic mass is 19.1. The molecule has 1 N–H and O–H groups in total. The molecule has 2 saturated heterocycles. The molecule has 0 amide bonds. The Hall–Kier alpha value is -2.42. The van der Waals surface area contributed by atoms with E-state index in [0.29, 0.717) is 18.4 Å². The lowest BCUT2D eigenvalue weighted by molar-refractivity contribution is -0.0807. The SMILES string of the molecule is Cc1nc(C2CC(O)C2)cc(-n2ncc3cc(C)c(C4CCN(C5COC5)CC4F)cc32)n1. The number of hydrogen-bond donors (Lipinski definition) is 1. The van der Waals surface area contributed by atoms with E-state index in [1.165, 1.54) is 0 Å². The van der Waals surface area contributed by atoms with Crippen molar-refractivity contribution in [1.82, 2.24) is 24.6 Å². The molecule has 1 saturated carbocycles. The molecule has 2 aromatic heterocycles. The van der Waals surface area contributed by atoms with E-state index in [4.69, 9.17) is 4.74 Å². The van der Waals surface area contributed by atoms with Gasteiger partial charge in [0.1, 0.15) is 12.0 Å². The van der Waals surface area contributed by atoms with Crippen LogP contribution in [0.15, 0.2) is 24.4 Å². The number of alkyl halides is 1. The molecule has 0 bridgehead atoms. The molecule has 174 valence electrons. The van der Waals surface area contributed by atoms with Crippen molar-refractivity contribution in [2.75, 3.05) is 26.3 Å². The van der Waals surface area contributed by atoms with Gasteiger partial charge in [-0.15, -0.1) is 0 Å². The maximum atomic E-state index is 15.4. The molecular weight excluding hydrogens is 421 g/mol. The number of piperidine rings is 1. The van der Waals surface area contributed by atoms with Crippen molar-refractivity contribution in [1.29, 1.82) is 0 Å². The molecule has 2 unspecified atom stereocenters. The quantitative estimate of drug-likeness (QED) is 0.657. The second kappa shape index (κ2) is 8.11. The molecular formula is C25H30FN5O2. The van der Waals surface area contributed by atoms with Gasteiger partial charge < -0.3 is 9.84 Å². The van der Waals surface area contributed by atoms with Crippen molar-refractivity contribution in [3.8, 4) is 5.82 Å². The topological polar surface area (TPSA) is 76.3 Å². The molecule has 8 heteroatoms. The molecule has 3 fully saturated rings. The minimum Gasteiger partial charge on any atom is -0.393 e. The van der Waals surface area contributed by atoms with Crippen LogP contribution in [0.4, 0.5) is 4.39 Å². The largest absolute Gasteiger partial charge is 0.393 e. The summed E-state index contributed by atoms with van der Waals surface area (Å²) < 4.78 is 22.5. The second-order valence-electron chi connectivity index (χ2n) is 9.94. The van der Waals surface area contributed by atoms with Crippen molar-refractivity contribution in [2.24, 2.45) is 0 Å². The van der Waals surface area contributed by atoms with Crippen molar-refractivity contribution in [3.05, 3.63) is 47.0 Å². The van der Waals surface area contributed by atoms with E-state index in [2.05, 4.69) is 39.0 Å². The van der Waals surface area contributed by atoms with Crippen LogP contribution in [0.2, 0.25) is 0 Å². The average Bonchev–Trinajstić information content (AvgIpc) is 3.12. The van der Waals surface area contributed by atoms with E-state index in [1.807, 2.05) is 23.9 Å². The zero-order valence-corrected chi connectivity index (χ0v) is 19.1. The smallest absolute Gasteiger partial charge is 0.157 e. The van der Waals surface area contributed by atoms with E-state index in [0.717, 1.165) is 72.6 Å². The highest BCUT2D eigenvalue weighted by Crippen LogP contribution is 2.38. The van der Waals surface area contributed by atoms with Gasteiger partial charge in [-0.3, -0.25) is 4.90 Å². The van der Waals surface area contributed by atoms with Gasteiger partial charge in [-0.05, 0) is 62.9 Å². The second-order valence-corrected chi connectivity index (χ2v) is 9.94. The van der Waals surface area contributed by atoms with E-state index in [1.54, 1.807) is 0 Å². The summed E-state index contributed by atoms with van der Waals surface area (Å²) >= 11 is 0. The van der Waals surface area contributed by atoms with Crippen LogP contribution < -0.4 is 0 Å². The van der Waals surface area contributed by atoms with Crippen molar-refractivity contribution < 1.29 is 14.2 Å². The average molecular weight is 452 g/mol. The monoisotopic (exact) mass is 451 g/mol. The summed E-state index contributed by atoms with van der Waals surface area (Å²) in [5, 5.41) is 15.4. The van der Waals surface area contributed by atoms with Gasteiger partial charge in [0.2, 0.25) is 0 Å². The number of benzene rings is 1. The number of nitrogens with zero attached hydrogens (tertiary/aromatic N) is 5. The molecule has 33 heavy (non-hydrogen) atoms. The normalized spacial score (nSPS) is 28.6. The van der Waals surface area contributed by atoms with Crippen molar-refractivity contribution in [2.45, 2.75) is 63.3 Å². The molecule has 3 aromatic rings. The minimum atomic E-state index is -0.898. The summed E-state index contributed by atoms with van der Waals surface area (Å²) in [6.07, 6.45) is 3.00. The number of rotatable bonds is 4. The Labute approximate surface area is 192 Å². The minimum absolute atomic E-state index is 0.117. The Bertz CT molecular complexity index is 1190. The Morgan fingerprint density at radius 3 is 2.64 bits per heavy atom. The van der Waals surface area contributed by atoms with Gasteiger partial charge in [-0.2, -0.15) is 5.10 Å². The van der Waals surface area contributed by atoms with E-state index >= 15 is 4.39 Å². The standard InChI is InChI=1S/C25H30FN5O2/c1-14-5-17-10-27-31(25-9-23(28-15(2)29-25)16-6-19(32)7-16)24(17)8-21(14)20-3-4-30(11-22(20)26)18-12-33-13-18/h5,8-10,16,18-20,22,32H,3-4,6-7,11-13H2,1-2H3. The Morgan fingerprint density at radius 1 is 1.12 bits per heavy atom. The van der Waals surface area contributed by atoms with Crippen LogP contribution in [0.1, 0.15) is 53.7 Å². The number of aliphatic hydroxyl groups is 1. The number of ether oxygens (including phenoxy) is 1. The Kier molecular flexibility index (Phi) is 5.19. The van der Waals surface area contributed by atoms with Gasteiger partial charge in [0.15, 0.2) is 5.82 Å². The van der Waals surface area contributed by atoms with Crippen LogP contribution in [0.25, 0.3) is 16.7 Å². The summed E-state index contributed by atoms with van der Waals surface area (Å²) in [6.45, 7) is 6.77. The number of aromatic nitrogens is 4. The first-order chi connectivity index (χ1) is 16.0. The Balaban J connectivity index is 1.33. The highest BCUT2D eigenvalue weighted by molar-refractivity contribution is 5.82. The van der Waals surface area contributed by atoms with Gasteiger partial charge in [0, 0.05) is 35.5 Å². The Morgan fingerprint density at radius 2 is 1.94 bits per heavy atom. The third-order valence-corrected chi connectivity index (χ3v) is 7.66. The molecule has 0 spiro atoms. The first-order valence-corrected chi connectivity index (χ1v) is 11.9. The highest BCUT2D eigenvalue weighted by Gasteiger charge is 2.36. The molecule has 0 radical (unpaired) electrons. The predicted octanol–water partition coefficient (Wildman–Crippen LogP) is 3.20. The van der Waals surface area contributed by atoms with Crippen LogP contribution in [-0.2, 0) is 4.74 Å². The fourth-order valence-electron chi connectivity index (χ4n) is 5.55. The third-order valence-electron chi connectivity index (χ3n) is 7.66. The maximum Gasteiger partial charge on any atom is 0.157 e. The lowest BCUT2D eigenvalue weighted by Gasteiger charge is -2.43. The number of halogens is 1.